The van der Waals surface area contributed by atoms with Crippen LogP contribution in [0.5, 0.6) is 0 Å². The Labute approximate surface area is 184 Å². The van der Waals surface area contributed by atoms with Crippen LogP contribution in [-0.2, 0) is 11.2 Å². The Balaban J connectivity index is 1.33. The van der Waals surface area contributed by atoms with Crippen LogP contribution in [0.4, 0.5) is 0 Å². The zero-order chi connectivity index (χ0) is 21.6. The van der Waals surface area contributed by atoms with Crippen molar-refractivity contribution in [2.24, 2.45) is 0 Å². The highest BCUT2D eigenvalue weighted by Crippen LogP contribution is 2.23. The Morgan fingerprint density at radius 2 is 1.84 bits per heavy atom. The first kappa shape index (κ1) is 21.0. The maximum atomic E-state index is 12.7. The van der Waals surface area contributed by atoms with Crippen LogP contribution in [0.15, 0.2) is 54.3 Å². The van der Waals surface area contributed by atoms with Gasteiger partial charge in [0.2, 0.25) is 5.91 Å². The molecule has 31 heavy (non-hydrogen) atoms. The lowest BCUT2D eigenvalue weighted by molar-refractivity contribution is -0.129. The molecular weight excluding hydrogens is 414 g/mol. The first-order valence-corrected chi connectivity index (χ1v) is 11.1. The molecule has 2 aromatic heterocycles. The van der Waals surface area contributed by atoms with Gasteiger partial charge in [0.05, 0.1) is 17.6 Å². The highest BCUT2D eigenvalue weighted by Gasteiger charge is 2.26. The van der Waals surface area contributed by atoms with Crippen LogP contribution in [0.3, 0.4) is 0 Å². The summed E-state index contributed by atoms with van der Waals surface area (Å²) in [5.41, 5.74) is 2.55. The molecule has 2 amide bonds. The molecule has 1 aliphatic rings. The largest absolute Gasteiger partial charge is 0.338 e. The van der Waals surface area contributed by atoms with Crippen LogP contribution in [0, 0.1) is 0 Å². The van der Waals surface area contributed by atoms with Gasteiger partial charge < -0.3 is 9.80 Å². The molecule has 0 aliphatic carbocycles. The fraction of sp³-hybridized carbons (Fsp3) is 0.333. The number of thioether (sulfide) groups is 1. The Bertz CT molecular complexity index is 1050. The summed E-state index contributed by atoms with van der Waals surface area (Å²) in [5.74, 6) is 0.137. The van der Waals surface area contributed by atoms with E-state index in [2.05, 4.69) is 33.2 Å². The molecule has 160 valence electrons. The lowest BCUT2D eigenvalue weighted by atomic mass is 10.1. The van der Waals surface area contributed by atoms with E-state index in [1.165, 1.54) is 35.9 Å². The summed E-state index contributed by atoms with van der Waals surface area (Å²) in [6.07, 6.45) is 7.07. The molecule has 3 heterocycles. The van der Waals surface area contributed by atoms with Gasteiger partial charge in [0, 0.05) is 38.6 Å². The molecule has 0 spiro atoms. The highest BCUT2D eigenvalue weighted by molar-refractivity contribution is 7.99. The van der Waals surface area contributed by atoms with Crippen LogP contribution < -0.4 is 0 Å². The third-order valence-corrected chi connectivity index (χ3v) is 6.10. The predicted octanol–water partition coefficient (Wildman–Crippen LogP) is 1.70. The van der Waals surface area contributed by atoms with Gasteiger partial charge in [-0.1, -0.05) is 36.9 Å². The fourth-order valence-electron chi connectivity index (χ4n) is 3.48. The fourth-order valence-corrected chi connectivity index (χ4v) is 4.31. The van der Waals surface area contributed by atoms with Crippen molar-refractivity contribution in [2.45, 2.75) is 18.5 Å². The Hall–Kier alpha value is -3.27. The number of carbonyl (C=O) groups excluding carboxylic acids is 2. The lowest BCUT2D eigenvalue weighted by Crippen LogP contribution is -2.51. The number of hydrogen-bond donors (Lipinski definition) is 0. The Kier molecular flexibility index (Phi) is 6.56. The second-order valence-electron chi connectivity index (χ2n) is 7.02. The minimum Gasteiger partial charge on any atom is -0.338 e. The number of benzene rings is 1. The third kappa shape index (κ3) is 4.74. The number of rotatable bonds is 6. The van der Waals surface area contributed by atoms with E-state index in [0.29, 0.717) is 37.0 Å². The maximum absolute atomic E-state index is 12.7. The lowest BCUT2D eigenvalue weighted by Gasteiger charge is -2.34. The van der Waals surface area contributed by atoms with Gasteiger partial charge in [0.1, 0.15) is 12.0 Å². The van der Waals surface area contributed by atoms with Gasteiger partial charge >= 0.3 is 0 Å². The molecule has 0 atom stereocenters. The average Bonchev–Trinajstić information content (AvgIpc) is 3.31. The number of piperazine rings is 1. The van der Waals surface area contributed by atoms with Gasteiger partial charge in [-0.25, -0.2) is 4.98 Å². The molecule has 0 unspecified atom stereocenters. The van der Waals surface area contributed by atoms with Crippen molar-refractivity contribution in [3.63, 3.8) is 0 Å². The summed E-state index contributed by atoms with van der Waals surface area (Å²) < 4.78 is 1.92. The van der Waals surface area contributed by atoms with Crippen LogP contribution in [0.1, 0.15) is 23.0 Å². The molecule has 1 saturated heterocycles. The van der Waals surface area contributed by atoms with E-state index in [1.54, 1.807) is 16.1 Å². The zero-order valence-corrected chi connectivity index (χ0v) is 18.0. The van der Waals surface area contributed by atoms with Gasteiger partial charge in [-0.2, -0.15) is 0 Å². The monoisotopic (exact) mass is 437 g/mol. The van der Waals surface area contributed by atoms with E-state index in [-0.39, 0.29) is 17.6 Å². The summed E-state index contributed by atoms with van der Waals surface area (Å²) in [4.78, 5) is 36.7. The molecule has 1 aliphatic heterocycles. The van der Waals surface area contributed by atoms with Gasteiger partial charge in [-0.3, -0.25) is 19.1 Å². The van der Waals surface area contributed by atoms with Gasteiger partial charge in [0.25, 0.3) is 5.91 Å². The number of aromatic nitrogens is 5. The molecule has 0 N–H and O–H groups in total. The first-order chi connectivity index (χ1) is 15.2. The van der Waals surface area contributed by atoms with Crippen molar-refractivity contribution in [3.05, 3.63) is 60.4 Å². The van der Waals surface area contributed by atoms with Gasteiger partial charge in [-0.05, 0) is 18.1 Å². The summed E-state index contributed by atoms with van der Waals surface area (Å²) in [5, 5.41) is 8.91. The second kappa shape index (κ2) is 9.69. The molecule has 9 nitrogen and oxygen atoms in total. The predicted molar refractivity (Wildman–Crippen MR) is 116 cm³/mol. The highest BCUT2D eigenvalue weighted by atomic mass is 32.2. The number of aryl methyl sites for hydroxylation is 1. The van der Waals surface area contributed by atoms with Crippen molar-refractivity contribution in [1.29, 1.82) is 0 Å². The molecular formula is C21H23N7O2S. The Morgan fingerprint density at radius 3 is 2.58 bits per heavy atom. The van der Waals surface area contributed by atoms with Crippen LogP contribution in [0.25, 0.3) is 5.69 Å². The number of amides is 2. The molecule has 0 radical (unpaired) electrons. The van der Waals surface area contributed by atoms with E-state index >= 15 is 0 Å². The zero-order valence-electron chi connectivity index (χ0n) is 17.2. The number of hydrogen-bond acceptors (Lipinski definition) is 7. The number of para-hydroxylation sites is 1. The van der Waals surface area contributed by atoms with Crippen molar-refractivity contribution in [1.82, 2.24) is 34.5 Å². The molecule has 0 saturated carbocycles. The van der Waals surface area contributed by atoms with Gasteiger partial charge in [-0.15, -0.1) is 10.2 Å². The van der Waals surface area contributed by atoms with Gasteiger partial charge in [0.15, 0.2) is 5.16 Å². The SMILES string of the molecule is CCc1ccccc1-n1cnnc1SCC(=O)N1CCN(C(=O)c2cnccn2)CC1. The Morgan fingerprint density at radius 1 is 1.06 bits per heavy atom. The number of carbonyl (C=O) groups is 2. The standard InChI is InChI=1S/C21H23N7O2S/c1-2-16-5-3-4-6-18(16)28-15-24-25-21(28)31-14-19(29)26-9-11-27(12-10-26)20(30)17-13-22-7-8-23-17/h3-8,13,15H,2,9-12,14H2,1H3. The summed E-state index contributed by atoms with van der Waals surface area (Å²) >= 11 is 1.37. The second-order valence-corrected chi connectivity index (χ2v) is 7.96. The van der Waals surface area contributed by atoms with E-state index < -0.39 is 0 Å². The molecule has 4 rings (SSSR count). The van der Waals surface area contributed by atoms with Crippen molar-refractivity contribution in [3.8, 4) is 5.69 Å². The normalized spacial score (nSPS) is 14.0. The van der Waals surface area contributed by atoms with E-state index in [0.717, 1.165) is 12.1 Å². The van der Waals surface area contributed by atoms with E-state index in [9.17, 15) is 9.59 Å². The smallest absolute Gasteiger partial charge is 0.274 e. The van der Waals surface area contributed by atoms with Crippen molar-refractivity contribution in [2.75, 3.05) is 31.9 Å². The van der Waals surface area contributed by atoms with Crippen molar-refractivity contribution < 1.29 is 9.59 Å². The van der Waals surface area contributed by atoms with Crippen LogP contribution in [-0.4, -0.2) is 78.3 Å². The topological polar surface area (TPSA) is 97.1 Å². The van der Waals surface area contributed by atoms with Crippen molar-refractivity contribution >= 4 is 23.6 Å². The van der Waals surface area contributed by atoms with Crippen LogP contribution in [0.2, 0.25) is 0 Å². The molecule has 1 aromatic carbocycles. The summed E-state index contributed by atoms with van der Waals surface area (Å²) in [6.45, 7) is 4.06. The average molecular weight is 438 g/mol. The van der Waals surface area contributed by atoms with E-state index in [1.807, 2.05) is 22.8 Å². The quantitative estimate of drug-likeness (QED) is 0.542. The molecule has 1 fully saturated rings. The molecule has 3 aromatic rings. The minimum absolute atomic E-state index is 0.0231. The molecule has 0 bridgehead atoms. The number of nitrogens with zero attached hydrogens (tertiary/aromatic N) is 7. The third-order valence-electron chi connectivity index (χ3n) is 5.18. The first-order valence-electron chi connectivity index (χ1n) is 10.1. The van der Waals surface area contributed by atoms with Crippen LogP contribution >= 0.6 is 11.8 Å². The minimum atomic E-state index is -0.155. The summed E-state index contributed by atoms with van der Waals surface area (Å²) in [7, 11) is 0. The van der Waals surface area contributed by atoms with E-state index in [4.69, 9.17) is 0 Å². The summed E-state index contributed by atoms with van der Waals surface area (Å²) in [6, 6.07) is 8.10. The maximum Gasteiger partial charge on any atom is 0.274 e. The molecule has 10 heteroatoms.